The van der Waals surface area contributed by atoms with E-state index in [-0.39, 0.29) is 30.8 Å². The molecular weight excluding hydrogens is 404 g/mol. The number of fused-ring (bicyclic) bond motifs is 2. The van der Waals surface area contributed by atoms with Crippen LogP contribution in [-0.2, 0) is 18.2 Å². The van der Waals surface area contributed by atoms with Crippen LogP contribution in [0.2, 0.25) is 0 Å². The first-order valence-corrected chi connectivity index (χ1v) is 10.9. The van der Waals surface area contributed by atoms with Crippen LogP contribution in [0.4, 0.5) is 5.82 Å². The molecule has 0 bridgehead atoms. The number of hydrogen-bond donors (Lipinski definition) is 5. The second-order valence-electron chi connectivity index (χ2n) is 6.78. The molecule has 15 heteroatoms. The largest absolute Gasteiger partial charge is 0.469 e. The highest BCUT2D eigenvalue weighted by Gasteiger charge is 2.69. The first-order chi connectivity index (χ1) is 12.5. The smallest absolute Gasteiger partial charge is 0.382 e. The Balaban J connectivity index is 1.67. The lowest BCUT2D eigenvalue weighted by Crippen LogP contribution is -2.26. The fraction of sp³-hybridized carbons (Fsp3) is 0.583. The molecule has 4 unspecified atom stereocenters. The van der Waals surface area contributed by atoms with Crippen molar-refractivity contribution in [2.75, 3.05) is 12.3 Å². The third-order valence-corrected chi connectivity index (χ3v) is 6.24. The quantitative estimate of drug-likeness (QED) is 0.390. The van der Waals surface area contributed by atoms with Gasteiger partial charge in [-0.05, 0) is 18.8 Å². The van der Waals surface area contributed by atoms with Crippen molar-refractivity contribution in [3.05, 3.63) is 12.7 Å². The number of aromatic nitrogens is 4. The van der Waals surface area contributed by atoms with Crippen molar-refractivity contribution in [2.45, 2.75) is 25.0 Å². The van der Waals surface area contributed by atoms with Crippen LogP contribution in [0.3, 0.4) is 0 Å². The molecule has 27 heavy (non-hydrogen) atoms. The van der Waals surface area contributed by atoms with Crippen LogP contribution in [0.25, 0.3) is 11.2 Å². The topological polar surface area (TPSA) is 203 Å². The fourth-order valence-corrected chi connectivity index (χ4v) is 5.09. The lowest BCUT2D eigenvalue weighted by molar-refractivity contribution is 0.0499. The summed E-state index contributed by atoms with van der Waals surface area (Å²) >= 11 is 0. The first kappa shape index (κ1) is 18.9. The minimum atomic E-state index is -4.81. The van der Waals surface area contributed by atoms with E-state index in [1.165, 1.54) is 12.7 Å². The van der Waals surface area contributed by atoms with E-state index in [4.69, 9.17) is 20.0 Å². The Morgan fingerprint density at radius 2 is 1.96 bits per heavy atom. The molecule has 2 aliphatic carbocycles. The maximum Gasteiger partial charge on any atom is 0.469 e. The van der Waals surface area contributed by atoms with Gasteiger partial charge in [0, 0.05) is 11.5 Å². The van der Waals surface area contributed by atoms with E-state index >= 15 is 0 Å². The van der Waals surface area contributed by atoms with E-state index in [0.717, 1.165) is 0 Å². The van der Waals surface area contributed by atoms with Gasteiger partial charge in [-0.2, -0.15) is 0 Å². The predicted molar refractivity (Wildman–Crippen MR) is 88.8 cm³/mol. The SMILES string of the molecule is Nc1ncnc2c1ncn2C1CC(OP(=O)(O)O)C2(COP(=O)(O)O)CC12. The lowest BCUT2D eigenvalue weighted by Gasteiger charge is -2.24. The van der Waals surface area contributed by atoms with Gasteiger partial charge in [-0.15, -0.1) is 0 Å². The Hall–Kier alpha value is -1.43. The minimum absolute atomic E-state index is 0.186. The Morgan fingerprint density at radius 1 is 1.22 bits per heavy atom. The maximum atomic E-state index is 11.4. The number of phosphoric acid groups is 2. The van der Waals surface area contributed by atoms with Crippen LogP contribution in [-0.4, -0.2) is 51.8 Å². The van der Waals surface area contributed by atoms with Crippen LogP contribution >= 0.6 is 15.6 Å². The average molecular weight is 421 g/mol. The second-order valence-corrected chi connectivity index (χ2v) is 9.21. The molecule has 4 rings (SSSR count). The van der Waals surface area contributed by atoms with Crippen molar-refractivity contribution in [3.63, 3.8) is 0 Å². The number of imidazole rings is 1. The van der Waals surface area contributed by atoms with Gasteiger partial charge in [-0.3, -0.25) is 9.05 Å². The first-order valence-electron chi connectivity index (χ1n) is 7.87. The van der Waals surface area contributed by atoms with Crippen molar-refractivity contribution >= 4 is 32.6 Å². The normalized spacial score (nSPS) is 30.6. The molecule has 2 fully saturated rings. The maximum absolute atomic E-state index is 11.4. The van der Waals surface area contributed by atoms with Crippen LogP contribution in [0.15, 0.2) is 12.7 Å². The number of phosphoric ester groups is 2. The molecule has 0 radical (unpaired) electrons. The molecule has 0 aliphatic heterocycles. The van der Waals surface area contributed by atoms with Gasteiger partial charge < -0.3 is 29.9 Å². The van der Waals surface area contributed by atoms with Crippen LogP contribution in [0, 0.1) is 11.3 Å². The molecule has 2 aromatic rings. The van der Waals surface area contributed by atoms with E-state index < -0.39 is 27.2 Å². The van der Waals surface area contributed by atoms with Crippen LogP contribution in [0.5, 0.6) is 0 Å². The Labute approximate surface area is 152 Å². The summed E-state index contributed by atoms with van der Waals surface area (Å²) < 4.78 is 33.7. The Bertz CT molecular complexity index is 987. The summed E-state index contributed by atoms with van der Waals surface area (Å²) in [5, 5.41) is 0. The summed E-state index contributed by atoms with van der Waals surface area (Å²) in [6.45, 7) is -0.382. The van der Waals surface area contributed by atoms with Crippen molar-refractivity contribution in [2.24, 2.45) is 11.3 Å². The molecule has 6 N–H and O–H groups in total. The van der Waals surface area contributed by atoms with Gasteiger partial charge in [-0.25, -0.2) is 24.1 Å². The molecule has 148 valence electrons. The summed E-state index contributed by atoms with van der Waals surface area (Å²) in [6.07, 6.45) is 2.45. The summed E-state index contributed by atoms with van der Waals surface area (Å²) in [5.41, 5.74) is 5.73. The van der Waals surface area contributed by atoms with E-state index in [2.05, 4.69) is 19.5 Å². The number of rotatable bonds is 6. The Kier molecular flexibility index (Phi) is 4.22. The van der Waals surface area contributed by atoms with Crippen LogP contribution in [0.1, 0.15) is 18.9 Å². The molecule has 2 heterocycles. The summed E-state index contributed by atoms with van der Waals surface area (Å²) in [7, 11) is -9.56. The van der Waals surface area contributed by atoms with Crippen molar-refractivity contribution in [1.29, 1.82) is 0 Å². The number of anilines is 1. The number of nitrogens with two attached hydrogens (primary N) is 1. The highest BCUT2D eigenvalue weighted by molar-refractivity contribution is 7.46. The van der Waals surface area contributed by atoms with Gasteiger partial charge in [0.25, 0.3) is 0 Å². The summed E-state index contributed by atoms with van der Waals surface area (Å²) in [4.78, 5) is 48.7. The van der Waals surface area contributed by atoms with Gasteiger partial charge in [0.05, 0.1) is 19.0 Å². The zero-order valence-corrected chi connectivity index (χ0v) is 15.5. The lowest BCUT2D eigenvalue weighted by atomic mass is 10.0. The number of hydrogen-bond acceptors (Lipinski definition) is 8. The fourth-order valence-electron chi connectivity index (χ4n) is 4.06. The zero-order valence-electron chi connectivity index (χ0n) is 13.7. The molecule has 0 aromatic carbocycles. The highest BCUT2D eigenvalue weighted by atomic mass is 31.2. The monoisotopic (exact) mass is 421 g/mol. The van der Waals surface area contributed by atoms with Crippen molar-refractivity contribution in [3.8, 4) is 0 Å². The van der Waals surface area contributed by atoms with Gasteiger partial charge in [-0.1, -0.05) is 0 Å². The molecular formula is C12H17N5O8P2. The van der Waals surface area contributed by atoms with Crippen LogP contribution < -0.4 is 5.73 Å². The van der Waals surface area contributed by atoms with Gasteiger partial charge in [0.1, 0.15) is 11.8 Å². The minimum Gasteiger partial charge on any atom is -0.382 e. The third kappa shape index (κ3) is 3.41. The second kappa shape index (κ2) is 6.03. The highest BCUT2D eigenvalue weighted by Crippen LogP contribution is 2.71. The average Bonchev–Trinajstić information content (AvgIpc) is 2.98. The van der Waals surface area contributed by atoms with Gasteiger partial charge in [0.15, 0.2) is 11.5 Å². The summed E-state index contributed by atoms with van der Waals surface area (Å²) in [5.74, 6) is 0.0147. The van der Waals surface area contributed by atoms with Crippen molar-refractivity contribution < 1.29 is 37.8 Å². The molecule has 2 aliphatic rings. The number of nitrogen functional groups attached to an aromatic ring is 1. The van der Waals surface area contributed by atoms with E-state index in [9.17, 15) is 18.9 Å². The van der Waals surface area contributed by atoms with Gasteiger partial charge in [0.2, 0.25) is 0 Å². The standard InChI is InChI=1S/C12H17N5O8P2/c13-10-9-11(15-4-14-10)17(5-16-9)7-1-8(25-27(21,22)23)12(2-6(7)12)3-24-26(18,19)20/h4-8H,1-3H2,(H2,13,14,15)(H2,18,19,20)(H2,21,22,23). The predicted octanol–water partition coefficient (Wildman–Crippen LogP) is -0.0532. The van der Waals surface area contributed by atoms with Crippen molar-refractivity contribution in [1.82, 2.24) is 19.5 Å². The van der Waals surface area contributed by atoms with E-state index in [1.807, 2.05) is 0 Å². The molecule has 2 aromatic heterocycles. The van der Waals surface area contributed by atoms with E-state index in [0.29, 0.717) is 17.6 Å². The summed E-state index contributed by atoms with van der Waals surface area (Å²) in [6, 6.07) is -0.304. The Morgan fingerprint density at radius 3 is 2.63 bits per heavy atom. The zero-order chi connectivity index (χ0) is 19.6. The molecule has 4 atom stereocenters. The molecule has 0 saturated heterocycles. The molecule has 0 amide bonds. The number of nitrogens with zero attached hydrogens (tertiary/aromatic N) is 4. The van der Waals surface area contributed by atoms with Gasteiger partial charge >= 0.3 is 15.6 Å². The third-order valence-electron chi connectivity index (χ3n) is 5.25. The van der Waals surface area contributed by atoms with E-state index in [1.54, 1.807) is 4.57 Å². The molecule has 0 spiro atoms. The molecule has 13 nitrogen and oxygen atoms in total. The molecule has 2 saturated carbocycles.